The van der Waals surface area contributed by atoms with Crippen LogP contribution in [0.25, 0.3) is 0 Å². The van der Waals surface area contributed by atoms with E-state index in [4.69, 9.17) is 23.2 Å². The highest BCUT2D eigenvalue weighted by Crippen LogP contribution is 2.43. The van der Waals surface area contributed by atoms with Gasteiger partial charge in [0.25, 0.3) is 23.4 Å². The van der Waals surface area contributed by atoms with Crippen molar-refractivity contribution in [3.63, 3.8) is 0 Å². The number of non-ortho nitro benzene ring substituents is 1. The fraction of sp³-hybridized carbons (Fsp3) is 0.304. The number of imide groups is 1. The van der Waals surface area contributed by atoms with Crippen LogP contribution in [0, 0.1) is 22.0 Å². The minimum atomic E-state index is -0.821. The molecule has 4 atom stereocenters. The largest absolute Gasteiger partial charge is 0.292 e. The number of rotatable bonds is 6. The Morgan fingerprint density at radius 3 is 2.14 bits per heavy atom. The number of nitrogens with zero attached hydrogens (tertiary/aromatic N) is 3. The minimum Gasteiger partial charge on any atom is -0.292 e. The molecule has 9 nitrogen and oxygen atoms in total. The van der Waals surface area contributed by atoms with E-state index < -0.39 is 46.8 Å². The van der Waals surface area contributed by atoms with Crippen LogP contribution in [0.2, 0.25) is 10.0 Å². The zero-order valence-electron chi connectivity index (χ0n) is 18.3. The maximum absolute atomic E-state index is 13.6. The van der Waals surface area contributed by atoms with Crippen molar-refractivity contribution in [2.75, 3.05) is 6.54 Å². The van der Waals surface area contributed by atoms with Gasteiger partial charge in [0.1, 0.15) is 6.54 Å². The molecule has 0 N–H and O–H groups in total. The molecule has 1 aliphatic heterocycles. The van der Waals surface area contributed by atoms with Gasteiger partial charge in [0.15, 0.2) is 5.78 Å². The third-order valence-corrected chi connectivity index (χ3v) is 9.68. The van der Waals surface area contributed by atoms with Crippen LogP contribution in [0.3, 0.4) is 0 Å². The number of Topliss-reactive ketones (excluding diaryl/α,β-unsaturated/α-hetero) is 1. The molecular formula is C23H17Br2Cl2N3O6. The van der Waals surface area contributed by atoms with Gasteiger partial charge in [-0.2, -0.15) is 5.01 Å². The summed E-state index contributed by atoms with van der Waals surface area (Å²) >= 11 is 19.1. The molecule has 36 heavy (non-hydrogen) atoms. The Hall–Kier alpha value is -2.34. The number of carbonyl (C=O) groups excluding carboxylic acids is 4. The normalized spacial score (nSPS) is 23.4. The highest BCUT2D eigenvalue weighted by molar-refractivity contribution is 9.12. The number of nitro groups is 1. The lowest BCUT2D eigenvalue weighted by Crippen LogP contribution is -2.52. The fourth-order valence-electron chi connectivity index (χ4n) is 4.35. The van der Waals surface area contributed by atoms with E-state index in [9.17, 15) is 29.3 Å². The number of alkyl halides is 2. The van der Waals surface area contributed by atoms with Gasteiger partial charge in [0, 0.05) is 32.9 Å². The second-order valence-corrected chi connectivity index (χ2v) is 11.6. The van der Waals surface area contributed by atoms with E-state index >= 15 is 0 Å². The lowest BCUT2D eigenvalue weighted by atomic mass is 9.81. The Morgan fingerprint density at radius 2 is 1.58 bits per heavy atom. The minimum absolute atomic E-state index is 0.00319. The quantitative estimate of drug-likeness (QED) is 0.140. The summed E-state index contributed by atoms with van der Waals surface area (Å²) in [5.41, 5.74) is -0.355. The predicted molar refractivity (Wildman–Crippen MR) is 138 cm³/mol. The Kier molecular flexibility index (Phi) is 7.84. The molecule has 0 aromatic heterocycles. The van der Waals surface area contributed by atoms with E-state index in [0.717, 1.165) is 16.1 Å². The molecule has 4 rings (SSSR count). The molecule has 1 saturated carbocycles. The summed E-state index contributed by atoms with van der Waals surface area (Å²) in [6.07, 6.45) is 0.741. The predicted octanol–water partition coefficient (Wildman–Crippen LogP) is 5.06. The zero-order chi connectivity index (χ0) is 26.3. The van der Waals surface area contributed by atoms with Crippen molar-refractivity contribution in [3.05, 3.63) is 73.8 Å². The number of nitro benzene ring substituents is 1. The average molecular weight is 662 g/mol. The molecule has 0 unspecified atom stereocenters. The second-order valence-electron chi connectivity index (χ2n) is 8.43. The molecule has 0 bridgehead atoms. The summed E-state index contributed by atoms with van der Waals surface area (Å²) in [6.45, 7) is -0.702. The molecule has 2 aromatic rings. The third-order valence-electron chi connectivity index (χ3n) is 6.20. The Morgan fingerprint density at radius 1 is 0.972 bits per heavy atom. The Balaban J connectivity index is 1.72. The first kappa shape index (κ1) is 26.7. The SMILES string of the molecule is O=C(CN(C(=O)c1ccc(Cl)c(Cl)c1)N1C(=O)[C@H]2C[C@@H](Br)[C@@H](Br)C[C@H]2C1=O)c1cccc([N+](=O)[O-])c1. The van der Waals surface area contributed by atoms with E-state index in [1.54, 1.807) is 0 Å². The van der Waals surface area contributed by atoms with Crippen molar-refractivity contribution in [2.24, 2.45) is 11.8 Å². The number of benzene rings is 2. The van der Waals surface area contributed by atoms with Crippen LogP contribution in [0.1, 0.15) is 33.6 Å². The topological polar surface area (TPSA) is 118 Å². The number of ketones is 1. The molecule has 0 radical (unpaired) electrons. The van der Waals surface area contributed by atoms with Crippen LogP contribution in [-0.2, 0) is 9.59 Å². The standard InChI is InChI=1S/C23H17Br2Cl2N3O6/c24-16-8-14-15(9-17(16)25)23(34)29(22(14)33)28(21(32)12-4-5-18(26)19(27)7-12)10-20(31)11-2-1-3-13(6-11)30(35)36/h1-7,14-17H,8-10H2/t14-,15+,16+,17-. The summed E-state index contributed by atoms with van der Waals surface area (Å²) < 4.78 is 0. The smallest absolute Gasteiger partial charge is 0.273 e. The van der Waals surface area contributed by atoms with Crippen molar-refractivity contribution in [1.29, 1.82) is 0 Å². The molecule has 1 heterocycles. The first-order valence-electron chi connectivity index (χ1n) is 10.7. The van der Waals surface area contributed by atoms with E-state index in [2.05, 4.69) is 31.9 Å². The van der Waals surface area contributed by atoms with Gasteiger partial charge in [-0.3, -0.25) is 29.3 Å². The molecule has 13 heteroatoms. The Bertz CT molecular complexity index is 1260. The molecule has 2 aromatic carbocycles. The molecular weight excluding hydrogens is 645 g/mol. The van der Waals surface area contributed by atoms with Gasteiger partial charge in [-0.25, -0.2) is 5.01 Å². The number of halogens is 4. The van der Waals surface area contributed by atoms with Crippen LogP contribution in [0.5, 0.6) is 0 Å². The highest BCUT2D eigenvalue weighted by atomic mass is 79.9. The molecule has 2 aliphatic rings. The zero-order valence-corrected chi connectivity index (χ0v) is 23.0. The average Bonchev–Trinajstić information content (AvgIpc) is 3.08. The number of hydrogen-bond acceptors (Lipinski definition) is 6. The molecule has 2 fully saturated rings. The van der Waals surface area contributed by atoms with Gasteiger partial charge in [-0.1, -0.05) is 67.2 Å². The number of hydrogen-bond donors (Lipinski definition) is 0. The van der Waals surface area contributed by atoms with Crippen LogP contribution in [0.15, 0.2) is 42.5 Å². The van der Waals surface area contributed by atoms with Gasteiger partial charge >= 0.3 is 0 Å². The lowest BCUT2D eigenvalue weighted by Gasteiger charge is -2.30. The summed E-state index contributed by atoms with van der Waals surface area (Å²) in [5, 5.41) is 12.9. The lowest BCUT2D eigenvalue weighted by molar-refractivity contribution is -0.384. The second kappa shape index (κ2) is 10.6. The van der Waals surface area contributed by atoms with Crippen LogP contribution >= 0.6 is 55.1 Å². The molecule has 0 spiro atoms. The summed E-state index contributed by atoms with van der Waals surface area (Å²) in [5.74, 6) is -4.01. The summed E-state index contributed by atoms with van der Waals surface area (Å²) in [4.78, 5) is 63.9. The summed E-state index contributed by atoms with van der Waals surface area (Å²) in [6, 6.07) is 9.01. The van der Waals surface area contributed by atoms with Crippen molar-refractivity contribution in [2.45, 2.75) is 22.5 Å². The fourth-order valence-corrected chi connectivity index (χ4v) is 5.88. The van der Waals surface area contributed by atoms with Crippen molar-refractivity contribution in [1.82, 2.24) is 10.0 Å². The van der Waals surface area contributed by atoms with Gasteiger partial charge in [-0.05, 0) is 31.0 Å². The van der Waals surface area contributed by atoms with E-state index in [0.29, 0.717) is 12.8 Å². The number of fused-ring (bicyclic) bond motifs is 1. The Labute approximate surface area is 232 Å². The van der Waals surface area contributed by atoms with E-state index in [1.807, 2.05) is 0 Å². The maximum Gasteiger partial charge on any atom is 0.273 e. The van der Waals surface area contributed by atoms with Crippen molar-refractivity contribution < 1.29 is 24.1 Å². The van der Waals surface area contributed by atoms with E-state index in [1.165, 1.54) is 36.4 Å². The van der Waals surface area contributed by atoms with Gasteiger partial charge < -0.3 is 0 Å². The monoisotopic (exact) mass is 659 g/mol. The third kappa shape index (κ3) is 5.06. The van der Waals surface area contributed by atoms with Crippen molar-refractivity contribution in [3.8, 4) is 0 Å². The maximum atomic E-state index is 13.6. The molecule has 1 aliphatic carbocycles. The number of amides is 3. The van der Waals surface area contributed by atoms with Gasteiger partial charge in [-0.15, -0.1) is 0 Å². The first-order valence-corrected chi connectivity index (χ1v) is 13.3. The first-order chi connectivity index (χ1) is 17.0. The summed E-state index contributed by atoms with van der Waals surface area (Å²) in [7, 11) is 0. The van der Waals surface area contributed by atoms with E-state index in [-0.39, 0.29) is 36.5 Å². The van der Waals surface area contributed by atoms with Crippen LogP contribution in [-0.4, -0.2) is 54.6 Å². The number of carbonyl (C=O) groups is 4. The van der Waals surface area contributed by atoms with Gasteiger partial charge in [0.05, 0.1) is 26.8 Å². The van der Waals surface area contributed by atoms with Gasteiger partial charge in [0.2, 0.25) is 0 Å². The number of hydrazine groups is 1. The molecule has 188 valence electrons. The molecule has 1 saturated heterocycles. The van der Waals surface area contributed by atoms with Crippen molar-refractivity contribution >= 4 is 84.3 Å². The molecule has 3 amide bonds. The highest BCUT2D eigenvalue weighted by Gasteiger charge is 2.54. The van der Waals surface area contributed by atoms with Crippen LogP contribution in [0.4, 0.5) is 5.69 Å². The van der Waals surface area contributed by atoms with Crippen LogP contribution < -0.4 is 0 Å².